The molecule has 1 amide bonds. The third-order valence-electron chi connectivity index (χ3n) is 7.39. The van der Waals surface area contributed by atoms with Crippen LogP contribution in [0, 0.1) is 6.92 Å². The van der Waals surface area contributed by atoms with Gasteiger partial charge in [0.05, 0.1) is 24.0 Å². The van der Waals surface area contributed by atoms with Gasteiger partial charge in [0, 0.05) is 13.0 Å². The summed E-state index contributed by atoms with van der Waals surface area (Å²) in [5.41, 5.74) is 5.80. The molecule has 0 fully saturated rings. The molecule has 0 saturated heterocycles. The second-order valence-corrected chi connectivity index (χ2v) is 10.2. The Bertz CT molecular complexity index is 1310. The summed E-state index contributed by atoms with van der Waals surface area (Å²) in [4.78, 5) is 17.2. The quantitative estimate of drug-likeness (QED) is 0.185. The number of nitrogens with one attached hydrogen (secondary N) is 1. The van der Waals surface area contributed by atoms with Gasteiger partial charge < -0.3 is 14.6 Å². The first-order valence-electron chi connectivity index (χ1n) is 14.0. The van der Waals surface area contributed by atoms with Gasteiger partial charge >= 0.3 is 0 Å². The van der Waals surface area contributed by atoms with Gasteiger partial charge in [-0.1, -0.05) is 68.8 Å². The van der Waals surface area contributed by atoms with Crippen molar-refractivity contribution >= 4 is 16.9 Å². The molecule has 3 aromatic carbocycles. The molecule has 1 atom stereocenters. The van der Waals surface area contributed by atoms with Gasteiger partial charge in [0.15, 0.2) is 0 Å². The smallest absolute Gasteiger partial charge is 0.224 e. The molecule has 5 nitrogen and oxygen atoms in total. The summed E-state index contributed by atoms with van der Waals surface area (Å²) in [7, 11) is 0. The van der Waals surface area contributed by atoms with E-state index < -0.39 is 0 Å². The first-order chi connectivity index (χ1) is 18.5. The number of unbranched alkanes of at least 4 members (excludes halogenated alkanes) is 2. The van der Waals surface area contributed by atoms with E-state index in [1.165, 1.54) is 5.56 Å². The highest BCUT2D eigenvalue weighted by Gasteiger charge is 2.11. The van der Waals surface area contributed by atoms with E-state index in [-0.39, 0.29) is 5.91 Å². The summed E-state index contributed by atoms with van der Waals surface area (Å²) in [5.74, 6) is 2.67. The van der Waals surface area contributed by atoms with E-state index in [1.807, 2.05) is 37.3 Å². The molecule has 0 spiro atoms. The van der Waals surface area contributed by atoms with Gasteiger partial charge in [0.25, 0.3) is 0 Å². The highest BCUT2D eigenvalue weighted by atomic mass is 16.5. The van der Waals surface area contributed by atoms with Crippen molar-refractivity contribution in [2.45, 2.75) is 71.8 Å². The highest BCUT2D eigenvalue weighted by molar-refractivity contribution is 5.78. The minimum absolute atomic E-state index is 0.0932. The Morgan fingerprint density at radius 1 is 0.974 bits per heavy atom. The maximum absolute atomic E-state index is 12.3. The number of hydrogen-bond donors (Lipinski definition) is 1. The van der Waals surface area contributed by atoms with E-state index in [9.17, 15) is 4.79 Å². The van der Waals surface area contributed by atoms with Crippen LogP contribution in [0.25, 0.3) is 11.0 Å². The van der Waals surface area contributed by atoms with Crippen molar-refractivity contribution in [2.75, 3.05) is 13.2 Å². The molecule has 4 rings (SSSR count). The van der Waals surface area contributed by atoms with Crippen LogP contribution < -0.4 is 10.1 Å². The molecule has 0 radical (unpaired) electrons. The summed E-state index contributed by atoms with van der Waals surface area (Å²) in [6.45, 7) is 8.59. The first-order valence-corrected chi connectivity index (χ1v) is 14.0. The predicted octanol–water partition coefficient (Wildman–Crippen LogP) is 7.01. The molecule has 4 aromatic rings. The van der Waals surface area contributed by atoms with Crippen molar-refractivity contribution in [3.63, 3.8) is 0 Å². The molecular formula is C33H41N3O2. The van der Waals surface area contributed by atoms with Crippen LogP contribution >= 0.6 is 0 Å². The van der Waals surface area contributed by atoms with Gasteiger partial charge in [-0.25, -0.2) is 4.98 Å². The van der Waals surface area contributed by atoms with Crippen LogP contribution in [0.15, 0.2) is 72.8 Å². The summed E-state index contributed by atoms with van der Waals surface area (Å²) in [6.07, 6.45) is 5.55. The van der Waals surface area contributed by atoms with Crippen molar-refractivity contribution in [3.05, 3.63) is 95.3 Å². The fourth-order valence-electron chi connectivity index (χ4n) is 4.81. The average molecular weight is 512 g/mol. The molecule has 38 heavy (non-hydrogen) atoms. The zero-order valence-electron chi connectivity index (χ0n) is 23.1. The third kappa shape index (κ3) is 7.47. The van der Waals surface area contributed by atoms with E-state index in [0.717, 1.165) is 72.4 Å². The van der Waals surface area contributed by atoms with Gasteiger partial charge in [-0.3, -0.25) is 4.79 Å². The van der Waals surface area contributed by atoms with Crippen molar-refractivity contribution in [1.29, 1.82) is 0 Å². The Balaban J connectivity index is 1.24. The highest BCUT2D eigenvalue weighted by Crippen LogP contribution is 2.22. The average Bonchev–Trinajstić information content (AvgIpc) is 3.29. The van der Waals surface area contributed by atoms with E-state index in [1.54, 1.807) is 0 Å². The molecule has 200 valence electrons. The Hall–Kier alpha value is -3.60. The largest absolute Gasteiger partial charge is 0.492 e. The number of carbonyl (C=O) groups is 1. The minimum atomic E-state index is 0.0932. The lowest BCUT2D eigenvalue weighted by molar-refractivity contribution is -0.120. The van der Waals surface area contributed by atoms with Crippen LogP contribution in [-0.4, -0.2) is 28.6 Å². The topological polar surface area (TPSA) is 56.1 Å². The van der Waals surface area contributed by atoms with Crippen LogP contribution in [-0.2, 0) is 24.2 Å². The SMILES string of the molecule is CCC(C)c1ccc(OCCn2c(CCCCCNC(=O)Cc3ccccc3C)nc3ccccc32)cc1. The first kappa shape index (κ1) is 27.4. The van der Waals surface area contributed by atoms with Crippen LogP contribution in [0.4, 0.5) is 0 Å². The number of nitrogens with zero attached hydrogens (tertiary/aromatic N) is 2. The van der Waals surface area contributed by atoms with Gasteiger partial charge in [-0.2, -0.15) is 0 Å². The number of imidazole rings is 1. The fraction of sp³-hybridized carbons (Fsp3) is 0.394. The number of ether oxygens (including phenoxy) is 1. The van der Waals surface area contributed by atoms with Crippen LogP contribution in [0.2, 0.25) is 0 Å². The van der Waals surface area contributed by atoms with E-state index in [0.29, 0.717) is 25.5 Å². The van der Waals surface area contributed by atoms with Gasteiger partial charge in [-0.05, 0) is 73.1 Å². The number of carbonyl (C=O) groups excluding carboxylic acids is 1. The molecule has 1 aromatic heterocycles. The second-order valence-electron chi connectivity index (χ2n) is 10.2. The summed E-state index contributed by atoms with van der Waals surface area (Å²) in [6, 6.07) is 24.9. The Morgan fingerprint density at radius 3 is 2.53 bits per heavy atom. The van der Waals surface area contributed by atoms with Crippen LogP contribution in [0.3, 0.4) is 0 Å². The normalized spacial score (nSPS) is 12.0. The predicted molar refractivity (Wildman–Crippen MR) is 156 cm³/mol. The maximum Gasteiger partial charge on any atom is 0.224 e. The molecule has 5 heteroatoms. The van der Waals surface area contributed by atoms with Gasteiger partial charge in [0.2, 0.25) is 5.91 Å². The van der Waals surface area contributed by atoms with Crippen molar-refractivity contribution in [2.24, 2.45) is 0 Å². The second kappa shape index (κ2) is 13.8. The number of benzene rings is 3. The van der Waals surface area contributed by atoms with E-state index in [2.05, 4.69) is 66.2 Å². The van der Waals surface area contributed by atoms with Crippen LogP contribution in [0.1, 0.15) is 68.0 Å². The lowest BCUT2D eigenvalue weighted by Gasteiger charge is -2.13. The third-order valence-corrected chi connectivity index (χ3v) is 7.39. The van der Waals surface area contributed by atoms with Crippen molar-refractivity contribution < 1.29 is 9.53 Å². The molecule has 1 N–H and O–H groups in total. The lowest BCUT2D eigenvalue weighted by Crippen LogP contribution is -2.26. The molecule has 0 aliphatic carbocycles. The summed E-state index contributed by atoms with van der Waals surface area (Å²) >= 11 is 0. The zero-order chi connectivity index (χ0) is 26.7. The number of aromatic nitrogens is 2. The number of aryl methyl sites for hydroxylation is 2. The zero-order valence-corrected chi connectivity index (χ0v) is 23.1. The number of fused-ring (bicyclic) bond motifs is 1. The summed E-state index contributed by atoms with van der Waals surface area (Å²) in [5, 5.41) is 3.07. The van der Waals surface area contributed by atoms with E-state index in [4.69, 9.17) is 9.72 Å². The maximum atomic E-state index is 12.3. The minimum Gasteiger partial charge on any atom is -0.492 e. The van der Waals surface area contributed by atoms with Crippen LogP contribution in [0.5, 0.6) is 5.75 Å². The number of para-hydroxylation sites is 2. The van der Waals surface area contributed by atoms with Gasteiger partial charge in [-0.15, -0.1) is 0 Å². The molecule has 0 aliphatic heterocycles. The number of rotatable bonds is 14. The molecule has 1 heterocycles. The summed E-state index contributed by atoms with van der Waals surface area (Å²) < 4.78 is 8.39. The van der Waals surface area contributed by atoms with Gasteiger partial charge in [0.1, 0.15) is 18.2 Å². The molecular weight excluding hydrogens is 470 g/mol. The van der Waals surface area contributed by atoms with Crippen molar-refractivity contribution in [1.82, 2.24) is 14.9 Å². The molecule has 0 saturated carbocycles. The molecule has 1 unspecified atom stereocenters. The number of hydrogen-bond acceptors (Lipinski definition) is 3. The lowest BCUT2D eigenvalue weighted by atomic mass is 9.99. The Morgan fingerprint density at radius 2 is 1.74 bits per heavy atom. The standard InChI is InChI=1S/C33H41N3O2/c1-4-25(2)27-17-19-29(20-18-27)38-23-22-36-31-15-10-9-14-30(31)35-32(36)16-6-5-11-21-34-33(37)24-28-13-8-7-12-26(28)3/h7-10,12-15,17-20,25H,4-6,11,16,21-24H2,1-3H3,(H,34,37). The van der Waals surface area contributed by atoms with E-state index >= 15 is 0 Å². The fourth-order valence-corrected chi connectivity index (χ4v) is 4.81. The molecule has 0 bridgehead atoms. The Labute approximate surface area is 227 Å². The monoisotopic (exact) mass is 511 g/mol. The Kier molecular flexibility index (Phi) is 9.97. The molecule has 0 aliphatic rings. The van der Waals surface area contributed by atoms with Crippen molar-refractivity contribution in [3.8, 4) is 5.75 Å². The number of amides is 1.